The molecule has 1 heterocycles. The Kier molecular flexibility index (Phi) is 5.26. The molecule has 0 saturated carbocycles. The minimum Gasteiger partial charge on any atom is -0.272 e. The number of benzene rings is 1. The van der Waals surface area contributed by atoms with E-state index >= 15 is 0 Å². The predicted octanol–water partition coefficient (Wildman–Crippen LogP) is 3.03. The van der Waals surface area contributed by atoms with Crippen LogP contribution in [0, 0.1) is 13.8 Å². The first-order valence-electron chi connectivity index (χ1n) is 7.85. The van der Waals surface area contributed by atoms with Crippen molar-refractivity contribution >= 4 is 10.0 Å². The van der Waals surface area contributed by atoms with Gasteiger partial charge in [0.1, 0.15) is 0 Å². The van der Waals surface area contributed by atoms with Gasteiger partial charge in [0, 0.05) is 24.8 Å². The third kappa shape index (κ3) is 3.82. The van der Waals surface area contributed by atoms with Crippen LogP contribution in [0.25, 0.3) is 0 Å². The number of sulfonamides is 1. The van der Waals surface area contributed by atoms with Crippen LogP contribution in [0.1, 0.15) is 48.7 Å². The Labute approximate surface area is 138 Å². The molecule has 0 saturated heterocycles. The molecule has 2 aromatic rings. The van der Waals surface area contributed by atoms with E-state index in [1.54, 1.807) is 16.8 Å². The quantitative estimate of drug-likeness (QED) is 0.882. The van der Waals surface area contributed by atoms with Gasteiger partial charge in [0.2, 0.25) is 10.0 Å². The molecule has 1 aromatic carbocycles. The molecular weight excluding hydrogens is 310 g/mol. The fraction of sp³-hybridized carbons (Fsp3) is 0.471. The molecule has 0 bridgehead atoms. The van der Waals surface area contributed by atoms with Crippen LogP contribution < -0.4 is 4.72 Å². The van der Waals surface area contributed by atoms with E-state index in [0.29, 0.717) is 10.8 Å². The molecule has 5 nitrogen and oxygen atoms in total. The second-order valence-corrected chi connectivity index (χ2v) is 7.74. The van der Waals surface area contributed by atoms with Crippen molar-refractivity contribution in [2.75, 3.05) is 0 Å². The molecule has 1 unspecified atom stereocenters. The summed E-state index contributed by atoms with van der Waals surface area (Å²) in [6.45, 7) is 8.33. The third-order valence-corrected chi connectivity index (χ3v) is 5.89. The van der Waals surface area contributed by atoms with Gasteiger partial charge >= 0.3 is 0 Å². The van der Waals surface area contributed by atoms with E-state index in [1.807, 2.05) is 33.0 Å². The monoisotopic (exact) mass is 335 g/mol. The molecule has 23 heavy (non-hydrogen) atoms. The van der Waals surface area contributed by atoms with E-state index in [4.69, 9.17) is 0 Å². The SMILES string of the molecule is CCC(C)c1ccc(S(=O)(=O)NCc2c(C)nn(C)c2C)cc1. The van der Waals surface area contributed by atoms with Crippen molar-refractivity contribution in [1.29, 1.82) is 0 Å². The van der Waals surface area contributed by atoms with Crippen molar-refractivity contribution in [3.05, 3.63) is 46.8 Å². The zero-order valence-corrected chi connectivity index (χ0v) is 15.2. The lowest BCUT2D eigenvalue weighted by Gasteiger charge is -2.11. The molecule has 0 spiro atoms. The van der Waals surface area contributed by atoms with E-state index in [1.165, 1.54) is 0 Å². The molecule has 1 N–H and O–H groups in total. The van der Waals surface area contributed by atoms with Gasteiger partial charge in [-0.25, -0.2) is 13.1 Å². The van der Waals surface area contributed by atoms with E-state index < -0.39 is 10.0 Å². The third-order valence-electron chi connectivity index (χ3n) is 4.47. The Hall–Kier alpha value is -1.66. The molecule has 0 aliphatic heterocycles. The number of aromatic nitrogens is 2. The summed E-state index contributed by atoms with van der Waals surface area (Å²) in [6, 6.07) is 7.13. The van der Waals surface area contributed by atoms with Crippen LogP contribution in [0.3, 0.4) is 0 Å². The maximum absolute atomic E-state index is 12.4. The average molecular weight is 335 g/mol. The van der Waals surface area contributed by atoms with Crippen LogP contribution in [0.2, 0.25) is 0 Å². The summed E-state index contributed by atoms with van der Waals surface area (Å²) in [5.41, 5.74) is 3.90. The highest BCUT2D eigenvalue weighted by Crippen LogP contribution is 2.21. The topological polar surface area (TPSA) is 64.0 Å². The summed E-state index contributed by atoms with van der Waals surface area (Å²) in [4.78, 5) is 0.295. The van der Waals surface area contributed by atoms with E-state index in [2.05, 4.69) is 23.7 Å². The second kappa shape index (κ2) is 6.84. The molecule has 0 radical (unpaired) electrons. The Morgan fingerprint density at radius 1 is 1.22 bits per heavy atom. The van der Waals surface area contributed by atoms with Crippen molar-refractivity contribution in [2.24, 2.45) is 7.05 Å². The molecule has 1 aromatic heterocycles. The molecule has 0 aliphatic rings. The minimum absolute atomic E-state index is 0.251. The Morgan fingerprint density at radius 2 is 1.83 bits per heavy atom. The fourth-order valence-electron chi connectivity index (χ4n) is 2.54. The summed E-state index contributed by atoms with van der Waals surface area (Å²) in [5, 5.41) is 4.31. The van der Waals surface area contributed by atoms with Gasteiger partial charge in [-0.3, -0.25) is 4.68 Å². The largest absolute Gasteiger partial charge is 0.272 e. The Morgan fingerprint density at radius 3 is 2.30 bits per heavy atom. The Balaban J connectivity index is 2.15. The predicted molar refractivity (Wildman–Crippen MR) is 91.9 cm³/mol. The van der Waals surface area contributed by atoms with Crippen LogP contribution in [-0.2, 0) is 23.6 Å². The lowest BCUT2D eigenvalue weighted by Crippen LogP contribution is -2.23. The maximum atomic E-state index is 12.4. The van der Waals surface area contributed by atoms with E-state index in [9.17, 15) is 8.42 Å². The summed E-state index contributed by atoms with van der Waals surface area (Å²) in [7, 11) is -1.66. The summed E-state index contributed by atoms with van der Waals surface area (Å²) >= 11 is 0. The number of hydrogen-bond donors (Lipinski definition) is 1. The van der Waals surface area contributed by atoms with Crippen molar-refractivity contribution in [3.8, 4) is 0 Å². The second-order valence-electron chi connectivity index (χ2n) is 5.98. The fourth-order valence-corrected chi connectivity index (χ4v) is 3.53. The highest BCUT2D eigenvalue weighted by atomic mass is 32.2. The number of nitrogens with zero attached hydrogens (tertiary/aromatic N) is 2. The number of nitrogens with one attached hydrogen (secondary N) is 1. The van der Waals surface area contributed by atoms with Crippen molar-refractivity contribution in [1.82, 2.24) is 14.5 Å². The van der Waals surface area contributed by atoms with Crippen LogP contribution in [0.5, 0.6) is 0 Å². The highest BCUT2D eigenvalue weighted by Gasteiger charge is 2.17. The van der Waals surface area contributed by atoms with Crippen molar-refractivity contribution in [2.45, 2.75) is 51.5 Å². The van der Waals surface area contributed by atoms with Crippen molar-refractivity contribution < 1.29 is 8.42 Å². The maximum Gasteiger partial charge on any atom is 0.240 e. The lowest BCUT2D eigenvalue weighted by atomic mass is 9.99. The standard InChI is InChI=1S/C17H25N3O2S/c1-6-12(2)15-7-9-16(10-8-15)23(21,22)18-11-17-13(3)19-20(5)14(17)4/h7-10,12,18H,6,11H2,1-5H3. The summed E-state index contributed by atoms with van der Waals surface area (Å²) in [5.74, 6) is 0.431. The van der Waals surface area contributed by atoms with Crippen LogP contribution in [0.4, 0.5) is 0 Å². The smallest absolute Gasteiger partial charge is 0.240 e. The van der Waals surface area contributed by atoms with Gasteiger partial charge in [-0.1, -0.05) is 26.0 Å². The van der Waals surface area contributed by atoms with Gasteiger partial charge in [0.15, 0.2) is 0 Å². The van der Waals surface area contributed by atoms with E-state index in [0.717, 1.165) is 28.9 Å². The average Bonchev–Trinajstić information content (AvgIpc) is 2.77. The molecule has 0 amide bonds. The normalized spacial score (nSPS) is 13.3. The minimum atomic E-state index is -3.52. The van der Waals surface area contributed by atoms with Crippen LogP contribution in [-0.4, -0.2) is 18.2 Å². The van der Waals surface area contributed by atoms with Gasteiger partial charge in [-0.05, 0) is 43.9 Å². The zero-order valence-electron chi connectivity index (χ0n) is 14.4. The van der Waals surface area contributed by atoms with Crippen LogP contribution >= 0.6 is 0 Å². The molecule has 0 fully saturated rings. The molecule has 2 rings (SSSR count). The first-order valence-corrected chi connectivity index (χ1v) is 9.33. The summed E-state index contributed by atoms with van der Waals surface area (Å²) < 4.78 is 29.3. The highest BCUT2D eigenvalue weighted by molar-refractivity contribution is 7.89. The van der Waals surface area contributed by atoms with Gasteiger partial charge in [0.25, 0.3) is 0 Å². The molecule has 126 valence electrons. The van der Waals surface area contributed by atoms with Crippen LogP contribution in [0.15, 0.2) is 29.2 Å². The summed E-state index contributed by atoms with van der Waals surface area (Å²) in [6.07, 6.45) is 1.03. The van der Waals surface area contributed by atoms with Gasteiger partial charge < -0.3 is 0 Å². The number of aryl methyl sites for hydroxylation is 2. The van der Waals surface area contributed by atoms with Crippen molar-refractivity contribution in [3.63, 3.8) is 0 Å². The first-order chi connectivity index (χ1) is 10.8. The van der Waals surface area contributed by atoms with Gasteiger partial charge in [-0.2, -0.15) is 5.10 Å². The Bertz CT molecular complexity index is 777. The molecular formula is C17H25N3O2S. The zero-order chi connectivity index (χ0) is 17.2. The van der Waals surface area contributed by atoms with Gasteiger partial charge in [0.05, 0.1) is 10.6 Å². The number of hydrogen-bond acceptors (Lipinski definition) is 3. The van der Waals surface area contributed by atoms with Gasteiger partial charge in [-0.15, -0.1) is 0 Å². The van der Waals surface area contributed by atoms with E-state index in [-0.39, 0.29) is 6.54 Å². The first kappa shape index (κ1) is 17.7. The molecule has 1 atom stereocenters. The molecule has 0 aliphatic carbocycles. The lowest BCUT2D eigenvalue weighted by molar-refractivity contribution is 0.581. The number of rotatable bonds is 6. The molecule has 6 heteroatoms.